The van der Waals surface area contributed by atoms with Gasteiger partial charge in [-0.25, -0.2) is 0 Å². The number of benzene rings is 4. The summed E-state index contributed by atoms with van der Waals surface area (Å²) >= 11 is 8.69. The van der Waals surface area contributed by atoms with Crippen LogP contribution in [0.5, 0.6) is 11.5 Å². The molecule has 0 aliphatic heterocycles. The van der Waals surface area contributed by atoms with Crippen molar-refractivity contribution in [1.82, 2.24) is 0 Å². The zero-order valence-corrected chi connectivity index (χ0v) is 23.8. The van der Waals surface area contributed by atoms with Crippen molar-refractivity contribution in [3.05, 3.63) is 117 Å². The molecule has 0 bridgehead atoms. The van der Waals surface area contributed by atoms with Crippen molar-refractivity contribution in [2.45, 2.75) is 33.1 Å². The zero-order chi connectivity index (χ0) is 26.2. The Balaban J connectivity index is 1.85. The Labute approximate surface area is 231 Å². The summed E-state index contributed by atoms with van der Waals surface area (Å²) in [5.41, 5.74) is 11.8. The first-order valence-corrected chi connectivity index (χ1v) is 14.1. The topological polar surface area (TPSA) is 18.5 Å². The molecule has 4 aromatic rings. The summed E-state index contributed by atoms with van der Waals surface area (Å²) in [5, 5.41) is 0. The van der Waals surface area contributed by atoms with Crippen LogP contribution in [0.1, 0.15) is 44.5 Å². The van der Waals surface area contributed by atoms with E-state index < -0.39 is 5.41 Å². The van der Waals surface area contributed by atoms with Crippen LogP contribution in [0, 0.1) is 27.7 Å². The Hall–Kier alpha value is -2.82. The molecule has 1 aliphatic carbocycles. The Morgan fingerprint density at radius 1 is 0.568 bits per heavy atom. The normalized spacial score (nSPS) is 13.2. The molecule has 0 fully saturated rings. The second-order valence-electron chi connectivity index (χ2n) is 9.86. The minimum Gasteiger partial charge on any atom is -0.492 e. The Morgan fingerprint density at radius 3 is 1.27 bits per heavy atom. The van der Waals surface area contributed by atoms with E-state index in [-0.39, 0.29) is 0 Å². The van der Waals surface area contributed by atoms with Crippen molar-refractivity contribution < 1.29 is 9.47 Å². The van der Waals surface area contributed by atoms with E-state index in [1.54, 1.807) is 0 Å². The number of rotatable bonds is 8. The van der Waals surface area contributed by atoms with Gasteiger partial charge in [0.15, 0.2) is 0 Å². The predicted octanol–water partition coefficient (Wildman–Crippen LogP) is 7.90. The van der Waals surface area contributed by atoms with Gasteiger partial charge in [-0.1, -0.05) is 72.8 Å². The van der Waals surface area contributed by atoms with Crippen molar-refractivity contribution in [2.24, 2.45) is 0 Å². The molecule has 2 nitrogen and oxygen atoms in total. The first-order chi connectivity index (χ1) is 17.9. The molecule has 0 amide bonds. The summed E-state index contributed by atoms with van der Waals surface area (Å²) in [4.78, 5) is 0. The van der Waals surface area contributed by atoms with Gasteiger partial charge in [0.05, 0.1) is 18.6 Å². The molecule has 0 saturated heterocycles. The Kier molecular flexibility index (Phi) is 7.33. The van der Waals surface area contributed by atoms with E-state index in [9.17, 15) is 0 Å². The maximum Gasteiger partial charge on any atom is 0.125 e. The van der Waals surface area contributed by atoms with Crippen molar-refractivity contribution in [3.63, 3.8) is 0 Å². The van der Waals surface area contributed by atoms with Gasteiger partial charge in [-0.2, -0.15) is 25.3 Å². The molecule has 37 heavy (non-hydrogen) atoms. The number of thiol groups is 2. The highest BCUT2D eigenvalue weighted by Crippen LogP contribution is 2.57. The molecular formula is C33H34O2S2. The monoisotopic (exact) mass is 526 g/mol. The second kappa shape index (κ2) is 10.5. The van der Waals surface area contributed by atoms with Crippen molar-refractivity contribution in [2.75, 3.05) is 24.7 Å². The first-order valence-electron chi connectivity index (χ1n) is 12.8. The summed E-state index contributed by atoms with van der Waals surface area (Å²) in [6.07, 6.45) is 0. The maximum atomic E-state index is 6.10. The molecule has 1 aliphatic rings. The third-order valence-electron chi connectivity index (χ3n) is 7.41. The summed E-state index contributed by atoms with van der Waals surface area (Å²) in [6.45, 7) is 9.77. The van der Waals surface area contributed by atoms with Gasteiger partial charge < -0.3 is 9.47 Å². The quantitative estimate of drug-likeness (QED) is 0.200. The molecule has 0 N–H and O–H groups in total. The highest BCUT2D eigenvalue weighted by atomic mass is 32.1. The van der Waals surface area contributed by atoms with Gasteiger partial charge >= 0.3 is 0 Å². The lowest BCUT2D eigenvalue weighted by Gasteiger charge is -2.35. The van der Waals surface area contributed by atoms with Crippen LogP contribution < -0.4 is 9.47 Å². The van der Waals surface area contributed by atoms with Crippen LogP contribution in [0.25, 0.3) is 11.1 Å². The van der Waals surface area contributed by atoms with E-state index >= 15 is 0 Å². The molecule has 0 atom stereocenters. The molecule has 0 radical (unpaired) electrons. The molecule has 4 aromatic carbocycles. The molecule has 0 saturated carbocycles. The van der Waals surface area contributed by atoms with Gasteiger partial charge in [0.25, 0.3) is 0 Å². The minimum absolute atomic E-state index is 0.456. The maximum absolute atomic E-state index is 6.10. The average Bonchev–Trinajstić information content (AvgIpc) is 3.19. The third kappa shape index (κ3) is 4.24. The van der Waals surface area contributed by atoms with Crippen LogP contribution in [0.3, 0.4) is 0 Å². The van der Waals surface area contributed by atoms with Crippen LogP contribution >= 0.6 is 25.3 Å². The summed E-state index contributed by atoms with van der Waals surface area (Å²) in [6, 6.07) is 27.0. The molecule has 0 aromatic heterocycles. The molecule has 4 heteroatoms. The fourth-order valence-electron chi connectivity index (χ4n) is 6.11. The zero-order valence-electron chi connectivity index (χ0n) is 22.0. The number of hydrogen-bond acceptors (Lipinski definition) is 4. The summed E-state index contributed by atoms with van der Waals surface area (Å²) < 4.78 is 12.2. The average molecular weight is 527 g/mol. The van der Waals surface area contributed by atoms with Gasteiger partial charge in [-0.05, 0) is 83.3 Å². The van der Waals surface area contributed by atoms with E-state index in [0.717, 1.165) is 33.8 Å². The van der Waals surface area contributed by atoms with Gasteiger partial charge in [0.2, 0.25) is 0 Å². The van der Waals surface area contributed by atoms with Gasteiger partial charge in [0.1, 0.15) is 11.5 Å². The first kappa shape index (κ1) is 25.8. The van der Waals surface area contributed by atoms with Crippen LogP contribution in [0.15, 0.2) is 72.8 Å². The van der Waals surface area contributed by atoms with E-state index in [2.05, 4.69) is 126 Å². The number of hydrogen-bond donors (Lipinski definition) is 2. The standard InChI is InChI=1S/C33H34O2S2/c1-21-17-25(18-22(2)31(21)34-13-15-36)33(26-19-23(3)32(24(4)20-26)35-14-16-37)29-11-7-5-9-27(29)28-10-6-8-12-30(28)33/h5-12,17-20,36-37H,13-16H2,1-4H3. The van der Waals surface area contributed by atoms with Gasteiger partial charge in [-0.3, -0.25) is 0 Å². The number of ether oxygens (including phenoxy) is 2. The number of aryl methyl sites for hydroxylation is 4. The van der Waals surface area contributed by atoms with Gasteiger partial charge in [0, 0.05) is 11.5 Å². The smallest absolute Gasteiger partial charge is 0.125 e. The lowest BCUT2D eigenvalue weighted by molar-refractivity contribution is 0.339. The van der Waals surface area contributed by atoms with E-state index in [1.807, 2.05) is 0 Å². The molecule has 0 unspecified atom stereocenters. The van der Waals surface area contributed by atoms with Crippen molar-refractivity contribution >= 4 is 25.3 Å². The predicted molar refractivity (Wildman–Crippen MR) is 161 cm³/mol. The van der Waals surface area contributed by atoms with Gasteiger partial charge in [-0.15, -0.1) is 0 Å². The Bertz CT molecular complexity index is 1300. The van der Waals surface area contributed by atoms with Crippen molar-refractivity contribution in [3.8, 4) is 22.6 Å². The Morgan fingerprint density at radius 2 is 0.919 bits per heavy atom. The SMILES string of the molecule is Cc1cc(C2(c3cc(C)c(OCCS)c(C)c3)c3ccccc3-c3ccccc32)cc(C)c1OCCS. The second-order valence-corrected chi connectivity index (χ2v) is 10.8. The van der Waals surface area contributed by atoms with Crippen LogP contribution in [-0.4, -0.2) is 24.7 Å². The van der Waals surface area contributed by atoms with Crippen LogP contribution in [0.4, 0.5) is 0 Å². The fourth-order valence-corrected chi connectivity index (χ4v) is 6.29. The highest BCUT2D eigenvalue weighted by molar-refractivity contribution is 7.80. The van der Waals surface area contributed by atoms with Crippen molar-refractivity contribution in [1.29, 1.82) is 0 Å². The highest BCUT2D eigenvalue weighted by Gasteiger charge is 2.46. The van der Waals surface area contributed by atoms with E-state index in [0.29, 0.717) is 24.7 Å². The molecule has 5 rings (SSSR count). The molecule has 0 spiro atoms. The summed E-state index contributed by atoms with van der Waals surface area (Å²) in [5.74, 6) is 3.28. The lowest BCUT2D eigenvalue weighted by Crippen LogP contribution is -2.29. The van der Waals surface area contributed by atoms with Crippen LogP contribution in [0.2, 0.25) is 0 Å². The van der Waals surface area contributed by atoms with E-state index in [1.165, 1.54) is 33.4 Å². The van der Waals surface area contributed by atoms with Crippen LogP contribution in [-0.2, 0) is 5.41 Å². The largest absolute Gasteiger partial charge is 0.492 e. The molecule has 0 heterocycles. The summed E-state index contributed by atoms with van der Waals surface area (Å²) in [7, 11) is 0. The number of fused-ring (bicyclic) bond motifs is 3. The lowest BCUT2D eigenvalue weighted by atomic mass is 9.66. The minimum atomic E-state index is -0.456. The third-order valence-corrected chi connectivity index (χ3v) is 7.78. The van der Waals surface area contributed by atoms with E-state index in [4.69, 9.17) is 9.47 Å². The molecule has 190 valence electrons. The molecular weight excluding hydrogens is 492 g/mol. The fraction of sp³-hybridized carbons (Fsp3) is 0.273.